The molecule has 1 aromatic carbocycles. The number of aryl methyl sites for hydroxylation is 2. The Bertz CT molecular complexity index is 871. The number of H-pyrrole nitrogens is 1. The first-order chi connectivity index (χ1) is 12.6. The number of aromatic amines is 1. The number of carbonyl (C=O) groups is 1. The van der Waals surface area contributed by atoms with Crippen LogP contribution >= 0.6 is 11.3 Å². The van der Waals surface area contributed by atoms with Crippen molar-refractivity contribution in [1.82, 2.24) is 19.9 Å². The lowest BCUT2D eigenvalue weighted by molar-refractivity contribution is -0.117. The second-order valence-corrected chi connectivity index (χ2v) is 8.10. The maximum atomic E-state index is 12.3. The number of hydrogen-bond acceptors (Lipinski definition) is 5. The minimum absolute atomic E-state index is 0.0148. The summed E-state index contributed by atoms with van der Waals surface area (Å²) in [5, 5.41) is 3.62. The van der Waals surface area contributed by atoms with E-state index < -0.39 is 0 Å². The van der Waals surface area contributed by atoms with E-state index in [9.17, 15) is 4.79 Å². The van der Waals surface area contributed by atoms with Crippen molar-refractivity contribution in [2.24, 2.45) is 0 Å². The molecule has 3 aromatic rings. The van der Waals surface area contributed by atoms with Crippen LogP contribution in [0.1, 0.15) is 35.2 Å². The Balaban J connectivity index is 1.31. The molecule has 1 aliphatic rings. The highest BCUT2D eigenvalue weighted by Gasteiger charge is 2.24. The zero-order valence-corrected chi connectivity index (χ0v) is 15.9. The van der Waals surface area contributed by atoms with Crippen molar-refractivity contribution < 1.29 is 4.79 Å². The zero-order chi connectivity index (χ0) is 18.1. The summed E-state index contributed by atoms with van der Waals surface area (Å²) in [6.07, 6.45) is 2.03. The lowest BCUT2D eigenvalue weighted by Gasteiger charge is -2.30. The number of likely N-dealkylation sites (tertiary alicyclic amines) is 1. The van der Waals surface area contributed by atoms with Gasteiger partial charge in [0.15, 0.2) is 5.13 Å². The molecular formula is C19H23N5OS. The predicted molar refractivity (Wildman–Crippen MR) is 105 cm³/mol. The van der Waals surface area contributed by atoms with Gasteiger partial charge in [-0.25, -0.2) is 9.97 Å². The fourth-order valence-corrected chi connectivity index (χ4v) is 4.25. The summed E-state index contributed by atoms with van der Waals surface area (Å²) >= 11 is 1.53. The molecule has 0 aliphatic carbocycles. The van der Waals surface area contributed by atoms with Crippen LogP contribution in [0.3, 0.4) is 0 Å². The monoisotopic (exact) mass is 369 g/mol. The van der Waals surface area contributed by atoms with Crippen LogP contribution in [-0.4, -0.2) is 45.4 Å². The summed E-state index contributed by atoms with van der Waals surface area (Å²) in [4.78, 5) is 28.2. The molecule has 0 radical (unpaired) electrons. The Labute approximate surface area is 156 Å². The first kappa shape index (κ1) is 17.2. The molecule has 26 heavy (non-hydrogen) atoms. The lowest BCUT2D eigenvalue weighted by atomic mass is 9.96. The molecule has 0 spiro atoms. The maximum absolute atomic E-state index is 12.3. The molecule has 136 valence electrons. The van der Waals surface area contributed by atoms with E-state index in [1.807, 2.05) is 32.0 Å². The van der Waals surface area contributed by atoms with Crippen molar-refractivity contribution in [2.75, 3.05) is 25.0 Å². The van der Waals surface area contributed by atoms with Crippen LogP contribution in [0.4, 0.5) is 5.13 Å². The van der Waals surface area contributed by atoms with Gasteiger partial charge in [-0.05, 0) is 51.9 Å². The van der Waals surface area contributed by atoms with E-state index in [0.29, 0.717) is 17.6 Å². The quantitative estimate of drug-likeness (QED) is 0.739. The highest BCUT2D eigenvalue weighted by molar-refractivity contribution is 7.15. The van der Waals surface area contributed by atoms with E-state index in [2.05, 4.69) is 26.3 Å². The van der Waals surface area contributed by atoms with Gasteiger partial charge in [0.05, 0.1) is 23.3 Å². The van der Waals surface area contributed by atoms with E-state index >= 15 is 0 Å². The third-order valence-corrected chi connectivity index (χ3v) is 6.01. The normalized spacial score (nSPS) is 16.2. The number of hydrogen-bond donors (Lipinski definition) is 2. The molecule has 0 saturated carbocycles. The van der Waals surface area contributed by atoms with Gasteiger partial charge >= 0.3 is 0 Å². The third-order valence-electron chi connectivity index (χ3n) is 5.02. The average molecular weight is 369 g/mol. The molecule has 1 fully saturated rings. The molecule has 1 aliphatic heterocycles. The molecule has 3 heterocycles. The number of imidazole rings is 1. The fourth-order valence-electron chi connectivity index (χ4n) is 3.42. The van der Waals surface area contributed by atoms with Gasteiger partial charge in [-0.3, -0.25) is 9.69 Å². The molecule has 6 nitrogen and oxygen atoms in total. The predicted octanol–water partition coefficient (Wildman–Crippen LogP) is 3.45. The number of carbonyl (C=O) groups excluding carboxylic acids is 1. The first-order valence-corrected chi connectivity index (χ1v) is 9.81. The first-order valence-electron chi connectivity index (χ1n) is 8.99. The summed E-state index contributed by atoms with van der Waals surface area (Å²) in [7, 11) is 0. The number of nitrogens with zero attached hydrogens (tertiary/aromatic N) is 3. The molecular weight excluding hydrogens is 346 g/mol. The van der Waals surface area contributed by atoms with Gasteiger partial charge in [0.2, 0.25) is 5.91 Å². The van der Waals surface area contributed by atoms with E-state index in [1.165, 1.54) is 11.3 Å². The number of amides is 1. The van der Waals surface area contributed by atoms with Crippen LogP contribution in [0, 0.1) is 13.8 Å². The Morgan fingerprint density at radius 2 is 2.04 bits per heavy atom. The molecule has 2 N–H and O–H groups in total. The van der Waals surface area contributed by atoms with Crippen molar-refractivity contribution in [2.45, 2.75) is 32.6 Å². The Hall–Kier alpha value is -2.25. The Kier molecular flexibility index (Phi) is 4.74. The van der Waals surface area contributed by atoms with Gasteiger partial charge in [-0.15, -0.1) is 11.3 Å². The van der Waals surface area contributed by atoms with Crippen molar-refractivity contribution in [3.05, 3.63) is 40.7 Å². The van der Waals surface area contributed by atoms with Gasteiger partial charge in [0, 0.05) is 10.8 Å². The fraction of sp³-hybridized carbons (Fsp3) is 0.421. The van der Waals surface area contributed by atoms with Gasteiger partial charge in [-0.2, -0.15) is 0 Å². The second kappa shape index (κ2) is 7.17. The van der Waals surface area contributed by atoms with Crippen LogP contribution in [0.5, 0.6) is 0 Å². The molecule has 0 atom stereocenters. The molecule has 1 amide bonds. The van der Waals surface area contributed by atoms with E-state index in [0.717, 1.165) is 53.4 Å². The largest absolute Gasteiger partial charge is 0.342 e. The standard InChI is InChI=1S/C19H23N5OS/c1-12-13(2)26-19(20-12)23-17(25)11-24-9-7-14(8-10-24)18-21-15-5-3-4-6-16(15)22-18/h3-6,14H,7-11H2,1-2H3,(H,21,22)(H,20,23,25). The summed E-state index contributed by atoms with van der Waals surface area (Å²) in [5.41, 5.74) is 3.11. The van der Waals surface area contributed by atoms with E-state index in [4.69, 9.17) is 4.98 Å². The number of para-hydroxylation sites is 2. The third kappa shape index (κ3) is 3.64. The Morgan fingerprint density at radius 3 is 2.73 bits per heavy atom. The summed E-state index contributed by atoms with van der Waals surface area (Å²) in [6.45, 7) is 6.22. The molecule has 7 heteroatoms. The lowest BCUT2D eigenvalue weighted by Crippen LogP contribution is -2.38. The van der Waals surface area contributed by atoms with E-state index in [-0.39, 0.29) is 5.91 Å². The van der Waals surface area contributed by atoms with Gasteiger partial charge in [-0.1, -0.05) is 12.1 Å². The van der Waals surface area contributed by atoms with Crippen LogP contribution in [0.15, 0.2) is 24.3 Å². The number of piperidine rings is 1. The summed E-state index contributed by atoms with van der Waals surface area (Å²) < 4.78 is 0. The minimum Gasteiger partial charge on any atom is -0.342 e. The average Bonchev–Trinajstić information content (AvgIpc) is 3.18. The van der Waals surface area contributed by atoms with Crippen molar-refractivity contribution >= 4 is 33.4 Å². The maximum Gasteiger partial charge on any atom is 0.240 e. The summed E-state index contributed by atoms with van der Waals surface area (Å²) in [6, 6.07) is 8.14. The number of rotatable bonds is 4. The highest BCUT2D eigenvalue weighted by Crippen LogP contribution is 2.27. The number of fused-ring (bicyclic) bond motifs is 1. The summed E-state index contributed by atoms with van der Waals surface area (Å²) in [5.74, 6) is 1.52. The van der Waals surface area contributed by atoms with Crippen LogP contribution in [0.2, 0.25) is 0 Å². The van der Waals surface area contributed by atoms with Crippen molar-refractivity contribution in [3.8, 4) is 0 Å². The van der Waals surface area contributed by atoms with Crippen LogP contribution < -0.4 is 5.32 Å². The van der Waals surface area contributed by atoms with E-state index in [1.54, 1.807) is 0 Å². The highest BCUT2D eigenvalue weighted by atomic mass is 32.1. The van der Waals surface area contributed by atoms with Crippen molar-refractivity contribution in [1.29, 1.82) is 0 Å². The molecule has 0 bridgehead atoms. The van der Waals surface area contributed by atoms with Crippen LogP contribution in [-0.2, 0) is 4.79 Å². The Morgan fingerprint density at radius 1 is 1.27 bits per heavy atom. The van der Waals surface area contributed by atoms with Crippen molar-refractivity contribution in [3.63, 3.8) is 0 Å². The molecule has 4 rings (SSSR count). The van der Waals surface area contributed by atoms with Gasteiger partial charge in [0.25, 0.3) is 0 Å². The van der Waals surface area contributed by atoms with Crippen LogP contribution in [0.25, 0.3) is 11.0 Å². The molecule has 0 unspecified atom stereocenters. The number of aromatic nitrogens is 3. The number of thiazole rings is 1. The smallest absolute Gasteiger partial charge is 0.240 e. The number of nitrogens with one attached hydrogen (secondary N) is 2. The topological polar surface area (TPSA) is 73.9 Å². The molecule has 1 saturated heterocycles. The second-order valence-electron chi connectivity index (χ2n) is 6.90. The number of anilines is 1. The van der Waals surface area contributed by atoms with Gasteiger partial charge in [0.1, 0.15) is 5.82 Å². The molecule has 2 aromatic heterocycles. The SMILES string of the molecule is Cc1nc(NC(=O)CN2CCC(c3nc4ccccc4[nH]3)CC2)sc1C. The number of benzene rings is 1. The van der Waals surface area contributed by atoms with Gasteiger partial charge < -0.3 is 10.3 Å². The zero-order valence-electron chi connectivity index (χ0n) is 15.1. The minimum atomic E-state index is 0.0148.